The van der Waals surface area contributed by atoms with Crippen LogP contribution >= 0.6 is 12.2 Å². The Kier molecular flexibility index (Phi) is 4.36. The molecule has 0 heterocycles. The molecule has 0 atom stereocenters. The van der Waals surface area contributed by atoms with Crippen molar-refractivity contribution in [3.63, 3.8) is 0 Å². The number of nitrogens with one attached hydrogen (secondary N) is 1. The van der Waals surface area contributed by atoms with Crippen LogP contribution in [-0.4, -0.2) is 12.2 Å². The van der Waals surface area contributed by atoms with Crippen molar-refractivity contribution in [3.8, 4) is 5.75 Å². The summed E-state index contributed by atoms with van der Waals surface area (Å²) in [6.07, 6.45) is 0.837. The fourth-order valence-corrected chi connectivity index (χ4v) is 2.04. The Hall–Kier alpha value is -2.07. The fourth-order valence-electron chi connectivity index (χ4n) is 1.92. The van der Waals surface area contributed by atoms with Gasteiger partial charge in [-0.15, -0.1) is 0 Å². The van der Waals surface area contributed by atoms with Crippen molar-refractivity contribution >= 4 is 23.0 Å². The second-order valence-corrected chi connectivity index (χ2v) is 4.66. The van der Waals surface area contributed by atoms with Crippen LogP contribution < -0.4 is 15.8 Å². The van der Waals surface area contributed by atoms with E-state index in [9.17, 15) is 0 Å². The first-order chi connectivity index (χ1) is 9.17. The van der Waals surface area contributed by atoms with E-state index in [-0.39, 0.29) is 5.11 Å². The summed E-state index contributed by atoms with van der Waals surface area (Å²) >= 11 is 4.83. The highest BCUT2D eigenvalue weighted by molar-refractivity contribution is 7.80. The van der Waals surface area contributed by atoms with E-state index in [1.165, 1.54) is 11.1 Å². The molecular weight excluding hydrogens is 256 g/mol. The largest absolute Gasteiger partial charge is 0.497 e. The van der Waals surface area contributed by atoms with E-state index in [1.54, 1.807) is 7.11 Å². The van der Waals surface area contributed by atoms with Gasteiger partial charge in [-0.3, -0.25) is 0 Å². The van der Waals surface area contributed by atoms with Gasteiger partial charge in [-0.1, -0.05) is 24.3 Å². The molecule has 3 nitrogen and oxygen atoms in total. The fraction of sp³-hybridized carbons (Fsp3) is 0.133. The van der Waals surface area contributed by atoms with Gasteiger partial charge in [-0.2, -0.15) is 0 Å². The lowest BCUT2D eigenvalue weighted by atomic mass is 10.0. The van der Waals surface area contributed by atoms with E-state index in [1.807, 2.05) is 36.4 Å². The quantitative estimate of drug-likeness (QED) is 0.840. The highest BCUT2D eigenvalue weighted by Gasteiger charge is 2.00. The Balaban J connectivity index is 2.15. The Bertz CT molecular complexity index is 584. The molecule has 0 aromatic heterocycles. The number of ether oxygens (including phenoxy) is 1. The summed E-state index contributed by atoms with van der Waals surface area (Å²) in [5, 5.41) is 3.21. The molecule has 0 saturated heterocycles. The van der Waals surface area contributed by atoms with Crippen LogP contribution in [0.25, 0.3) is 0 Å². The van der Waals surface area contributed by atoms with Gasteiger partial charge < -0.3 is 15.8 Å². The molecule has 0 saturated carbocycles. The number of anilines is 1. The maximum atomic E-state index is 5.47. The molecule has 3 N–H and O–H groups in total. The lowest BCUT2D eigenvalue weighted by Crippen LogP contribution is -2.18. The zero-order valence-electron chi connectivity index (χ0n) is 10.7. The van der Waals surface area contributed by atoms with Gasteiger partial charge in [0.25, 0.3) is 0 Å². The average molecular weight is 272 g/mol. The summed E-state index contributed by atoms with van der Waals surface area (Å²) in [6.45, 7) is 0. The number of nitrogens with two attached hydrogens (primary N) is 1. The molecular formula is C15H16N2OS. The molecule has 0 amide bonds. The molecule has 4 heteroatoms. The number of benzene rings is 2. The Labute approximate surface area is 118 Å². The van der Waals surface area contributed by atoms with E-state index < -0.39 is 0 Å². The molecule has 0 aliphatic heterocycles. The highest BCUT2D eigenvalue weighted by Crippen LogP contribution is 2.18. The first-order valence-electron chi connectivity index (χ1n) is 5.96. The monoisotopic (exact) mass is 272 g/mol. The van der Waals surface area contributed by atoms with Crippen LogP contribution in [0.4, 0.5) is 5.69 Å². The molecule has 98 valence electrons. The smallest absolute Gasteiger partial charge is 0.168 e. The summed E-state index contributed by atoms with van der Waals surface area (Å²) in [4.78, 5) is 0. The average Bonchev–Trinajstić information content (AvgIpc) is 2.38. The third-order valence-electron chi connectivity index (χ3n) is 2.74. The van der Waals surface area contributed by atoms with Gasteiger partial charge in [0.05, 0.1) is 7.11 Å². The Morgan fingerprint density at radius 3 is 2.53 bits per heavy atom. The van der Waals surface area contributed by atoms with Crippen LogP contribution in [0, 0.1) is 0 Å². The third-order valence-corrected chi connectivity index (χ3v) is 2.84. The molecule has 0 aliphatic carbocycles. The van der Waals surface area contributed by atoms with Gasteiger partial charge in [0.15, 0.2) is 5.11 Å². The second kappa shape index (κ2) is 6.20. The van der Waals surface area contributed by atoms with Gasteiger partial charge in [-0.25, -0.2) is 0 Å². The summed E-state index contributed by atoms with van der Waals surface area (Å²) in [5.74, 6) is 0.870. The topological polar surface area (TPSA) is 47.3 Å². The molecule has 0 radical (unpaired) electrons. The van der Waals surface area contributed by atoms with E-state index >= 15 is 0 Å². The van der Waals surface area contributed by atoms with Gasteiger partial charge in [0.1, 0.15) is 5.75 Å². The van der Waals surface area contributed by atoms with Gasteiger partial charge in [0, 0.05) is 5.69 Å². The maximum absolute atomic E-state index is 5.47. The van der Waals surface area contributed by atoms with Crippen molar-refractivity contribution < 1.29 is 4.74 Å². The summed E-state index contributed by atoms with van der Waals surface area (Å²) < 4.78 is 5.22. The molecule has 0 fully saturated rings. The number of thiocarbonyl (C=S) groups is 1. The van der Waals surface area contributed by atoms with Crippen molar-refractivity contribution in [2.75, 3.05) is 12.4 Å². The highest BCUT2D eigenvalue weighted by atomic mass is 32.1. The van der Waals surface area contributed by atoms with Crippen LogP contribution in [0.3, 0.4) is 0 Å². The molecule has 2 aromatic rings. The molecule has 2 rings (SSSR count). The van der Waals surface area contributed by atoms with Crippen LogP contribution in [-0.2, 0) is 6.42 Å². The van der Waals surface area contributed by atoms with Crippen LogP contribution in [0.2, 0.25) is 0 Å². The molecule has 0 unspecified atom stereocenters. The predicted octanol–water partition coefficient (Wildman–Crippen LogP) is 2.94. The van der Waals surface area contributed by atoms with E-state index in [2.05, 4.69) is 17.4 Å². The van der Waals surface area contributed by atoms with Crippen molar-refractivity contribution in [1.29, 1.82) is 0 Å². The van der Waals surface area contributed by atoms with Gasteiger partial charge in [0.2, 0.25) is 0 Å². The van der Waals surface area contributed by atoms with Gasteiger partial charge >= 0.3 is 0 Å². The minimum Gasteiger partial charge on any atom is -0.497 e. The molecule has 19 heavy (non-hydrogen) atoms. The summed E-state index contributed by atoms with van der Waals surface area (Å²) in [7, 11) is 1.67. The normalized spacial score (nSPS) is 9.95. The predicted molar refractivity (Wildman–Crippen MR) is 82.7 cm³/mol. The lowest BCUT2D eigenvalue weighted by molar-refractivity contribution is 0.414. The van der Waals surface area contributed by atoms with Crippen molar-refractivity contribution in [3.05, 3.63) is 59.7 Å². The number of hydrogen-bond donors (Lipinski definition) is 2. The van der Waals surface area contributed by atoms with Crippen molar-refractivity contribution in [2.45, 2.75) is 6.42 Å². The van der Waals surface area contributed by atoms with Crippen LogP contribution in [0.5, 0.6) is 5.75 Å². The number of rotatable bonds is 4. The molecule has 0 aliphatic rings. The van der Waals surface area contributed by atoms with Crippen LogP contribution in [0.1, 0.15) is 11.1 Å². The zero-order valence-corrected chi connectivity index (χ0v) is 11.5. The molecule has 0 bridgehead atoms. The number of methoxy groups -OCH3 is 1. The number of hydrogen-bond acceptors (Lipinski definition) is 2. The maximum Gasteiger partial charge on any atom is 0.168 e. The molecule has 2 aromatic carbocycles. The van der Waals surface area contributed by atoms with Crippen LogP contribution in [0.15, 0.2) is 48.5 Å². The first-order valence-corrected chi connectivity index (χ1v) is 6.36. The Morgan fingerprint density at radius 2 is 1.84 bits per heavy atom. The lowest BCUT2D eigenvalue weighted by Gasteiger charge is -2.08. The van der Waals surface area contributed by atoms with E-state index in [0.29, 0.717) is 0 Å². The third kappa shape index (κ3) is 3.96. The first kappa shape index (κ1) is 13.4. The summed E-state index contributed by atoms with van der Waals surface area (Å²) in [6, 6.07) is 16.1. The summed E-state index contributed by atoms with van der Waals surface area (Å²) in [5.41, 5.74) is 8.77. The Morgan fingerprint density at radius 1 is 1.16 bits per heavy atom. The minimum absolute atomic E-state index is 0.276. The van der Waals surface area contributed by atoms with Crippen molar-refractivity contribution in [1.82, 2.24) is 0 Å². The second-order valence-electron chi connectivity index (χ2n) is 4.22. The molecule has 0 spiro atoms. The SMILES string of the molecule is COc1cccc(Cc2cccc(NC(N)=S)c2)c1. The minimum atomic E-state index is 0.276. The van der Waals surface area contributed by atoms with E-state index in [0.717, 1.165) is 17.9 Å². The zero-order chi connectivity index (χ0) is 13.7. The standard InChI is InChI=1S/C15H16N2OS/c1-18-14-7-3-5-12(10-14)8-11-4-2-6-13(9-11)17-15(16)19/h2-7,9-10H,8H2,1H3,(H3,16,17,19). The van der Waals surface area contributed by atoms with Gasteiger partial charge in [-0.05, 0) is 54.0 Å². The van der Waals surface area contributed by atoms with Crippen molar-refractivity contribution in [2.24, 2.45) is 5.73 Å². The van der Waals surface area contributed by atoms with E-state index in [4.69, 9.17) is 22.7 Å².